The summed E-state index contributed by atoms with van der Waals surface area (Å²) < 4.78 is 1.00. The third-order valence-electron chi connectivity index (χ3n) is 2.41. The lowest BCUT2D eigenvalue weighted by Crippen LogP contribution is -2.05. The smallest absolute Gasteiger partial charge is 0.161 e. The number of aromatic hydroxyl groups is 1. The molecule has 94 valence electrons. The van der Waals surface area contributed by atoms with Crippen molar-refractivity contribution < 1.29 is 5.11 Å². The highest BCUT2D eigenvalue weighted by Crippen LogP contribution is 2.22. The predicted octanol–water partition coefficient (Wildman–Crippen LogP) is 3.28. The third-order valence-corrected chi connectivity index (χ3v) is 3.20. The molecule has 5 heteroatoms. The van der Waals surface area contributed by atoms with E-state index in [9.17, 15) is 5.11 Å². The van der Waals surface area contributed by atoms with Crippen LogP contribution < -0.4 is 5.32 Å². The molecule has 1 aromatic heterocycles. The SMILES string of the molecule is CCCNc1nc(-c2ccc(O)cc2)ncc1I. The summed E-state index contributed by atoms with van der Waals surface area (Å²) in [6, 6.07) is 6.88. The normalized spacial score (nSPS) is 10.3. The van der Waals surface area contributed by atoms with Crippen LogP contribution in [-0.4, -0.2) is 21.6 Å². The number of nitrogens with one attached hydrogen (secondary N) is 1. The predicted molar refractivity (Wildman–Crippen MR) is 80.6 cm³/mol. The Balaban J connectivity index is 2.31. The molecule has 0 fully saturated rings. The molecule has 0 bridgehead atoms. The topological polar surface area (TPSA) is 58.0 Å². The van der Waals surface area contributed by atoms with Crippen LogP contribution in [0, 0.1) is 3.57 Å². The second-order valence-electron chi connectivity index (χ2n) is 3.86. The van der Waals surface area contributed by atoms with Crippen molar-refractivity contribution in [2.75, 3.05) is 11.9 Å². The number of benzene rings is 1. The van der Waals surface area contributed by atoms with Crippen molar-refractivity contribution in [3.05, 3.63) is 34.0 Å². The van der Waals surface area contributed by atoms with Gasteiger partial charge in [-0.25, -0.2) is 9.97 Å². The Morgan fingerprint density at radius 1 is 1.28 bits per heavy atom. The van der Waals surface area contributed by atoms with Crippen LogP contribution in [0.4, 0.5) is 5.82 Å². The molecule has 0 spiro atoms. The van der Waals surface area contributed by atoms with Crippen LogP contribution in [0.5, 0.6) is 5.75 Å². The van der Waals surface area contributed by atoms with Crippen molar-refractivity contribution in [1.29, 1.82) is 0 Å². The first-order chi connectivity index (χ1) is 8.70. The molecular weight excluding hydrogens is 341 g/mol. The van der Waals surface area contributed by atoms with Crippen LogP contribution >= 0.6 is 22.6 Å². The van der Waals surface area contributed by atoms with Crippen LogP contribution in [-0.2, 0) is 0 Å². The number of phenolic OH excluding ortho intramolecular Hbond substituents is 1. The summed E-state index contributed by atoms with van der Waals surface area (Å²) in [5.74, 6) is 1.76. The van der Waals surface area contributed by atoms with Crippen molar-refractivity contribution >= 4 is 28.4 Å². The summed E-state index contributed by atoms with van der Waals surface area (Å²) in [6.07, 6.45) is 2.85. The number of rotatable bonds is 4. The van der Waals surface area contributed by atoms with Gasteiger partial charge in [0.2, 0.25) is 0 Å². The fraction of sp³-hybridized carbons (Fsp3) is 0.231. The van der Waals surface area contributed by atoms with Crippen molar-refractivity contribution in [2.24, 2.45) is 0 Å². The van der Waals surface area contributed by atoms with E-state index < -0.39 is 0 Å². The average molecular weight is 355 g/mol. The highest BCUT2D eigenvalue weighted by atomic mass is 127. The highest BCUT2D eigenvalue weighted by Gasteiger charge is 2.06. The molecule has 18 heavy (non-hydrogen) atoms. The second-order valence-corrected chi connectivity index (χ2v) is 5.03. The summed E-state index contributed by atoms with van der Waals surface area (Å²) in [5, 5.41) is 12.5. The molecular formula is C13H14IN3O. The number of phenols is 1. The molecule has 0 saturated carbocycles. The van der Waals surface area contributed by atoms with E-state index in [0.29, 0.717) is 5.82 Å². The van der Waals surface area contributed by atoms with Gasteiger partial charge < -0.3 is 10.4 Å². The van der Waals surface area contributed by atoms with E-state index in [-0.39, 0.29) is 5.75 Å². The number of nitrogens with zero attached hydrogens (tertiary/aromatic N) is 2. The zero-order valence-electron chi connectivity index (χ0n) is 10.0. The van der Waals surface area contributed by atoms with Gasteiger partial charge in [0.25, 0.3) is 0 Å². The van der Waals surface area contributed by atoms with Crippen LogP contribution in [0.3, 0.4) is 0 Å². The molecule has 2 N–H and O–H groups in total. The van der Waals surface area contributed by atoms with Gasteiger partial charge in [-0.05, 0) is 53.3 Å². The van der Waals surface area contributed by atoms with Gasteiger partial charge in [-0.15, -0.1) is 0 Å². The molecule has 1 heterocycles. The summed E-state index contributed by atoms with van der Waals surface area (Å²) in [6.45, 7) is 3.00. The van der Waals surface area contributed by atoms with Crippen molar-refractivity contribution in [2.45, 2.75) is 13.3 Å². The maximum absolute atomic E-state index is 9.26. The quantitative estimate of drug-likeness (QED) is 0.827. The van der Waals surface area contributed by atoms with Crippen LogP contribution in [0.25, 0.3) is 11.4 Å². The van der Waals surface area contributed by atoms with E-state index in [4.69, 9.17) is 0 Å². The minimum atomic E-state index is 0.244. The first-order valence-electron chi connectivity index (χ1n) is 5.76. The van der Waals surface area contributed by atoms with Gasteiger partial charge >= 0.3 is 0 Å². The largest absolute Gasteiger partial charge is 0.508 e. The van der Waals surface area contributed by atoms with Gasteiger partial charge in [0, 0.05) is 18.3 Å². The van der Waals surface area contributed by atoms with Gasteiger partial charge in [-0.3, -0.25) is 0 Å². The summed E-state index contributed by atoms with van der Waals surface area (Å²) >= 11 is 2.21. The summed E-state index contributed by atoms with van der Waals surface area (Å²) in [5.41, 5.74) is 0.892. The molecule has 0 aliphatic heterocycles. The lowest BCUT2D eigenvalue weighted by Gasteiger charge is -2.08. The second kappa shape index (κ2) is 5.99. The van der Waals surface area contributed by atoms with Crippen molar-refractivity contribution in [3.8, 4) is 17.1 Å². The van der Waals surface area contributed by atoms with E-state index in [1.165, 1.54) is 0 Å². The number of halogens is 1. The molecule has 2 rings (SSSR count). The maximum atomic E-state index is 9.26. The zero-order chi connectivity index (χ0) is 13.0. The summed E-state index contributed by atoms with van der Waals surface area (Å²) in [4.78, 5) is 8.81. The Labute approximate surface area is 120 Å². The monoisotopic (exact) mass is 355 g/mol. The molecule has 4 nitrogen and oxygen atoms in total. The standard InChI is InChI=1S/C13H14IN3O/c1-2-7-15-13-11(14)8-16-12(17-13)9-3-5-10(18)6-4-9/h3-6,8,18H,2,7H2,1H3,(H,15,16,17). The molecule has 2 aromatic rings. The lowest BCUT2D eigenvalue weighted by molar-refractivity contribution is 0.475. The maximum Gasteiger partial charge on any atom is 0.161 e. The van der Waals surface area contributed by atoms with Gasteiger partial charge in [0.15, 0.2) is 5.82 Å². The van der Waals surface area contributed by atoms with Gasteiger partial charge in [-0.1, -0.05) is 6.92 Å². The molecule has 0 unspecified atom stereocenters. The minimum absolute atomic E-state index is 0.244. The fourth-order valence-electron chi connectivity index (χ4n) is 1.48. The highest BCUT2D eigenvalue weighted by molar-refractivity contribution is 14.1. The van der Waals surface area contributed by atoms with E-state index in [1.807, 2.05) is 0 Å². The molecule has 0 radical (unpaired) electrons. The van der Waals surface area contributed by atoms with Crippen LogP contribution in [0.1, 0.15) is 13.3 Å². The first-order valence-corrected chi connectivity index (χ1v) is 6.84. The summed E-state index contributed by atoms with van der Waals surface area (Å²) in [7, 11) is 0. The third kappa shape index (κ3) is 3.10. The van der Waals surface area contributed by atoms with E-state index >= 15 is 0 Å². The Morgan fingerprint density at radius 2 is 2.00 bits per heavy atom. The molecule has 0 aliphatic rings. The number of aromatic nitrogens is 2. The average Bonchev–Trinajstić information content (AvgIpc) is 2.39. The Hall–Kier alpha value is -1.37. The Bertz CT molecular complexity index is 528. The molecule has 1 aromatic carbocycles. The number of hydrogen-bond donors (Lipinski definition) is 2. The zero-order valence-corrected chi connectivity index (χ0v) is 12.2. The Morgan fingerprint density at radius 3 is 2.67 bits per heavy atom. The van der Waals surface area contributed by atoms with Gasteiger partial charge in [0.1, 0.15) is 11.6 Å². The fourth-order valence-corrected chi connectivity index (χ4v) is 1.93. The van der Waals surface area contributed by atoms with Crippen LogP contribution in [0.2, 0.25) is 0 Å². The number of hydrogen-bond acceptors (Lipinski definition) is 4. The molecule has 0 amide bonds. The van der Waals surface area contributed by atoms with Crippen molar-refractivity contribution in [1.82, 2.24) is 9.97 Å². The van der Waals surface area contributed by atoms with Crippen LogP contribution in [0.15, 0.2) is 30.5 Å². The van der Waals surface area contributed by atoms with Gasteiger partial charge in [0.05, 0.1) is 3.57 Å². The molecule has 0 aliphatic carbocycles. The minimum Gasteiger partial charge on any atom is -0.508 e. The molecule has 0 atom stereocenters. The number of anilines is 1. The van der Waals surface area contributed by atoms with Gasteiger partial charge in [-0.2, -0.15) is 0 Å². The van der Waals surface area contributed by atoms with E-state index in [1.54, 1.807) is 30.5 Å². The lowest BCUT2D eigenvalue weighted by atomic mass is 10.2. The first kappa shape index (κ1) is 13.1. The van der Waals surface area contributed by atoms with E-state index in [0.717, 1.165) is 27.9 Å². The van der Waals surface area contributed by atoms with E-state index in [2.05, 4.69) is 44.8 Å². The van der Waals surface area contributed by atoms with Crippen molar-refractivity contribution in [3.63, 3.8) is 0 Å². The Kier molecular flexibility index (Phi) is 4.35. The molecule has 0 saturated heterocycles.